The van der Waals surface area contributed by atoms with E-state index in [1.165, 1.54) is 38.5 Å². The summed E-state index contributed by atoms with van der Waals surface area (Å²) in [7, 11) is 0. The zero-order valence-corrected chi connectivity index (χ0v) is 12.6. The summed E-state index contributed by atoms with van der Waals surface area (Å²) in [6, 6.07) is 4.28. The van der Waals surface area contributed by atoms with E-state index in [1.807, 2.05) is 18.3 Å². The van der Waals surface area contributed by atoms with Crippen LogP contribution in [0.4, 0.5) is 5.95 Å². The molecule has 0 aromatic carbocycles. The van der Waals surface area contributed by atoms with Crippen molar-refractivity contribution in [1.29, 1.82) is 0 Å². The maximum Gasteiger partial charge on any atom is 0.224 e. The zero-order valence-electron chi connectivity index (χ0n) is 12.6. The van der Waals surface area contributed by atoms with E-state index in [0.29, 0.717) is 6.04 Å². The number of nitrogens with one attached hydrogen (secondary N) is 1. The molecule has 0 unspecified atom stereocenters. The Hall–Kier alpha value is -1.91. The topological polar surface area (TPSA) is 55.6 Å². The Morgan fingerprint density at radius 1 is 1.38 bits per heavy atom. The van der Waals surface area contributed by atoms with Gasteiger partial charge in [0.2, 0.25) is 5.95 Å². The van der Waals surface area contributed by atoms with E-state index in [2.05, 4.69) is 27.3 Å². The fraction of sp³-hybridized carbons (Fsp3) is 0.562. The van der Waals surface area contributed by atoms with Gasteiger partial charge in [-0.1, -0.05) is 26.2 Å². The number of aromatic nitrogens is 4. The van der Waals surface area contributed by atoms with Gasteiger partial charge in [0.25, 0.3) is 0 Å². The first-order chi connectivity index (χ1) is 10.4. The average Bonchev–Trinajstić information content (AvgIpc) is 2.97. The minimum atomic E-state index is 0.506. The summed E-state index contributed by atoms with van der Waals surface area (Å²) in [6.45, 7) is 2.24. The van der Waals surface area contributed by atoms with E-state index in [4.69, 9.17) is 0 Å². The molecule has 2 aromatic heterocycles. The molecule has 112 valence electrons. The highest BCUT2D eigenvalue weighted by Crippen LogP contribution is 2.33. The van der Waals surface area contributed by atoms with Crippen LogP contribution in [-0.2, 0) is 0 Å². The lowest BCUT2D eigenvalue weighted by atomic mass is 9.78. The molecule has 1 aliphatic rings. The van der Waals surface area contributed by atoms with Crippen molar-refractivity contribution in [3.8, 4) is 5.82 Å². The number of hydrogen-bond donors (Lipinski definition) is 1. The van der Waals surface area contributed by atoms with Crippen LogP contribution in [0, 0.1) is 5.92 Å². The fourth-order valence-corrected chi connectivity index (χ4v) is 2.81. The summed E-state index contributed by atoms with van der Waals surface area (Å²) in [4.78, 5) is 8.96. The summed E-state index contributed by atoms with van der Waals surface area (Å²) >= 11 is 0. The van der Waals surface area contributed by atoms with Gasteiger partial charge in [-0.25, -0.2) is 9.67 Å². The Balaban J connectivity index is 1.71. The van der Waals surface area contributed by atoms with Gasteiger partial charge in [-0.2, -0.15) is 10.1 Å². The van der Waals surface area contributed by atoms with Crippen molar-refractivity contribution in [2.24, 2.45) is 5.92 Å². The van der Waals surface area contributed by atoms with E-state index in [1.54, 1.807) is 17.1 Å². The number of nitrogens with zero attached hydrogens (tertiary/aromatic N) is 4. The van der Waals surface area contributed by atoms with Crippen molar-refractivity contribution in [3.63, 3.8) is 0 Å². The molecule has 1 atom stereocenters. The fourth-order valence-electron chi connectivity index (χ4n) is 2.81. The molecule has 1 aliphatic carbocycles. The van der Waals surface area contributed by atoms with Crippen molar-refractivity contribution in [2.75, 3.05) is 5.32 Å². The van der Waals surface area contributed by atoms with Crippen LogP contribution in [0.5, 0.6) is 0 Å². The minimum absolute atomic E-state index is 0.506. The van der Waals surface area contributed by atoms with E-state index >= 15 is 0 Å². The maximum absolute atomic E-state index is 4.58. The number of unbranched alkanes of at least 4 members (excludes halogenated alkanes) is 1. The molecule has 5 nitrogen and oxygen atoms in total. The van der Waals surface area contributed by atoms with Crippen molar-refractivity contribution in [2.45, 2.75) is 51.5 Å². The number of anilines is 1. The smallest absolute Gasteiger partial charge is 0.224 e. The molecule has 0 spiro atoms. The van der Waals surface area contributed by atoms with E-state index in [9.17, 15) is 0 Å². The van der Waals surface area contributed by atoms with Crippen molar-refractivity contribution in [1.82, 2.24) is 19.7 Å². The van der Waals surface area contributed by atoms with Crippen molar-refractivity contribution < 1.29 is 0 Å². The molecule has 2 aromatic rings. The van der Waals surface area contributed by atoms with Gasteiger partial charge < -0.3 is 5.32 Å². The van der Waals surface area contributed by atoms with Crippen LogP contribution in [-0.4, -0.2) is 25.8 Å². The van der Waals surface area contributed by atoms with Gasteiger partial charge in [-0.15, -0.1) is 0 Å². The average molecular weight is 285 g/mol. The molecule has 0 saturated heterocycles. The van der Waals surface area contributed by atoms with Gasteiger partial charge in [0.1, 0.15) is 0 Å². The SMILES string of the molecule is CCCC[C@H](Nc1nccc(-n2cccn2)n1)C1CCC1. The molecule has 1 fully saturated rings. The second-order valence-corrected chi connectivity index (χ2v) is 5.77. The van der Waals surface area contributed by atoms with Gasteiger partial charge >= 0.3 is 0 Å². The molecular weight excluding hydrogens is 262 g/mol. The quantitative estimate of drug-likeness (QED) is 0.846. The Bertz CT molecular complexity index is 548. The predicted molar refractivity (Wildman–Crippen MR) is 83.4 cm³/mol. The van der Waals surface area contributed by atoms with E-state index in [0.717, 1.165) is 17.7 Å². The molecule has 0 radical (unpaired) electrons. The second kappa shape index (κ2) is 6.70. The standard InChI is InChI=1S/C16H23N5/c1-2-3-8-14(13-6-4-7-13)19-16-17-11-9-15(20-16)21-12-5-10-18-21/h5,9-14H,2-4,6-8H2,1H3,(H,17,19,20)/t14-/m0/s1. The minimum Gasteiger partial charge on any atom is -0.351 e. The van der Waals surface area contributed by atoms with Crippen LogP contribution in [0.15, 0.2) is 30.7 Å². The summed E-state index contributed by atoms with van der Waals surface area (Å²) in [5.41, 5.74) is 0. The van der Waals surface area contributed by atoms with E-state index in [-0.39, 0.29) is 0 Å². The predicted octanol–water partition coefficient (Wildman–Crippen LogP) is 3.43. The molecular formula is C16H23N5. The van der Waals surface area contributed by atoms with Gasteiger partial charge in [-0.3, -0.25) is 0 Å². The molecule has 0 bridgehead atoms. The Morgan fingerprint density at radius 2 is 2.29 bits per heavy atom. The molecule has 1 N–H and O–H groups in total. The Labute approximate surface area is 125 Å². The first-order valence-electron chi connectivity index (χ1n) is 7.96. The third-order valence-corrected chi connectivity index (χ3v) is 4.28. The summed E-state index contributed by atoms with van der Waals surface area (Å²) in [5, 5.41) is 7.77. The van der Waals surface area contributed by atoms with Gasteiger partial charge in [-0.05, 0) is 31.2 Å². The van der Waals surface area contributed by atoms with Crippen LogP contribution in [0.3, 0.4) is 0 Å². The number of hydrogen-bond acceptors (Lipinski definition) is 4. The van der Waals surface area contributed by atoms with Crippen LogP contribution < -0.4 is 5.32 Å². The van der Waals surface area contributed by atoms with Gasteiger partial charge in [0.05, 0.1) is 0 Å². The van der Waals surface area contributed by atoms with Crippen LogP contribution in [0.25, 0.3) is 5.82 Å². The summed E-state index contributed by atoms with van der Waals surface area (Å²) in [5.74, 6) is 2.31. The molecule has 21 heavy (non-hydrogen) atoms. The third-order valence-electron chi connectivity index (χ3n) is 4.28. The largest absolute Gasteiger partial charge is 0.351 e. The monoisotopic (exact) mass is 285 g/mol. The molecule has 2 heterocycles. The lowest BCUT2D eigenvalue weighted by Crippen LogP contribution is -2.34. The second-order valence-electron chi connectivity index (χ2n) is 5.77. The maximum atomic E-state index is 4.58. The molecule has 0 aliphatic heterocycles. The lowest BCUT2D eigenvalue weighted by molar-refractivity contribution is 0.262. The number of rotatable bonds is 7. The van der Waals surface area contributed by atoms with Crippen LogP contribution in [0.2, 0.25) is 0 Å². The Morgan fingerprint density at radius 3 is 2.95 bits per heavy atom. The highest BCUT2D eigenvalue weighted by atomic mass is 15.3. The van der Waals surface area contributed by atoms with Crippen molar-refractivity contribution in [3.05, 3.63) is 30.7 Å². The highest BCUT2D eigenvalue weighted by molar-refractivity contribution is 5.32. The first kappa shape index (κ1) is 14.0. The Kier molecular flexibility index (Phi) is 4.48. The molecule has 0 amide bonds. The molecule has 3 rings (SSSR count). The van der Waals surface area contributed by atoms with Gasteiger partial charge in [0, 0.05) is 30.7 Å². The first-order valence-corrected chi connectivity index (χ1v) is 7.96. The van der Waals surface area contributed by atoms with Crippen molar-refractivity contribution >= 4 is 5.95 Å². The highest BCUT2D eigenvalue weighted by Gasteiger charge is 2.27. The van der Waals surface area contributed by atoms with Gasteiger partial charge in [0.15, 0.2) is 5.82 Å². The molecule has 1 saturated carbocycles. The van der Waals surface area contributed by atoms with Crippen LogP contribution in [0.1, 0.15) is 45.4 Å². The third kappa shape index (κ3) is 3.40. The zero-order chi connectivity index (χ0) is 14.5. The summed E-state index contributed by atoms with van der Waals surface area (Å²) < 4.78 is 1.76. The molecule has 5 heteroatoms. The summed E-state index contributed by atoms with van der Waals surface area (Å²) in [6.07, 6.45) is 13.2. The normalized spacial score (nSPS) is 16.4. The van der Waals surface area contributed by atoms with Crippen LogP contribution >= 0.6 is 0 Å². The van der Waals surface area contributed by atoms with E-state index < -0.39 is 0 Å². The lowest BCUT2D eigenvalue weighted by Gasteiger charge is -2.34.